The molecule has 2 N–H and O–H groups in total. The van der Waals surface area contributed by atoms with Gasteiger partial charge in [0.2, 0.25) is 11.9 Å². The Bertz CT molecular complexity index is 530. The zero-order valence-corrected chi connectivity index (χ0v) is 10.8. The van der Waals surface area contributed by atoms with E-state index < -0.39 is 0 Å². The standard InChI is InChI=1S/C11H17N7/c1-4-17(5-2)11-15-10(12)18(16-11)9-6-8(3)13-7-14-9/h6-7H,4-5H2,1-3H3,(H2,12,15,16). The lowest BCUT2D eigenvalue weighted by atomic mass is 10.4. The molecular formula is C11H17N7. The second-order valence-corrected chi connectivity index (χ2v) is 3.87. The van der Waals surface area contributed by atoms with Gasteiger partial charge in [0.1, 0.15) is 6.33 Å². The second-order valence-electron chi connectivity index (χ2n) is 3.87. The highest BCUT2D eigenvalue weighted by molar-refractivity contribution is 5.40. The molecule has 0 fully saturated rings. The molecule has 0 saturated heterocycles. The van der Waals surface area contributed by atoms with E-state index in [1.165, 1.54) is 11.0 Å². The van der Waals surface area contributed by atoms with Crippen LogP contribution in [-0.4, -0.2) is 37.8 Å². The average molecular weight is 247 g/mol. The van der Waals surface area contributed by atoms with E-state index in [9.17, 15) is 0 Å². The van der Waals surface area contributed by atoms with Crippen molar-refractivity contribution in [3.63, 3.8) is 0 Å². The van der Waals surface area contributed by atoms with Gasteiger partial charge in [-0.1, -0.05) is 0 Å². The van der Waals surface area contributed by atoms with E-state index in [2.05, 4.69) is 33.9 Å². The number of aromatic nitrogens is 5. The van der Waals surface area contributed by atoms with Crippen molar-refractivity contribution < 1.29 is 0 Å². The van der Waals surface area contributed by atoms with Gasteiger partial charge in [0.05, 0.1) is 0 Å². The Morgan fingerprint density at radius 1 is 1.28 bits per heavy atom. The maximum atomic E-state index is 5.87. The van der Waals surface area contributed by atoms with E-state index in [4.69, 9.17) is 5.73 Å². The summed E-state index contributed by atoms with van der Waals surface area (Å²) in [5, 5.41) is 4.38. The topological polar surface area (TPSA) is 85.8 Å². The molecule has 2 aromatic rings. The number of anilines is 2. The highest BCUT2D eigenvalue weighted by Crippen LogP contribution is 2.14. The van der Waals surface area contributed by atoms with Crippen molar-refractivity contribution in [2.45, 2.75) is 20.8 Å². The monoisotopic (exact) mass is 247 g/mol. The van der Waals surface area contributed by atoms with Crippen molar-refractivity contribution in [2.24, 2.45) is 0 Å². The van der Waals surface area contributed by atoms with Crippen LogP contribution in [0.2, 0.25) is 0 Å². The molecule has 7 nitrogen and oxygen atoms in total. The van der Waals surface area contributed by atoms with Gasteiger partial charge < -0.3 is 10.6 Å². The number of hydrogen-bond acceptors (Lipinski definition) is 6. The lowest BCUT2D eigenvalue weighted by molar-refractivity contribution is 0.790. The fraction of sp³-hybridized carbons (Fsp3) is 0.455. The molecule has 2 aromatic heterocycles. The van der Waals surface area contributed by atoms with Crippen molar-refractivity contribution in [2.75, 3.05) is 23.7 Å². The molecule has 0 aliphatic rings. The lowest BCUT2D eigenvalue weighted by Crippen LogP contribution is -2.23. The Balaban J connectivity index is 2.40. The second kappa shape index (κ2) is 4.99. The first kappa shape index (κ1) is 12.3. The summed E-state index contributed by atoms with van der Waals surface area (Å²) in [6.45, 7) is 7.67. The van der Waals surface area contributed by atoms with Crippen LogP contribution in [0.25, 0.3) is 5.82 Å². The van der Waals surface area contributed by atoms with Crippen LogP contribution in [0.5, 0.6) is 0 Å². The molecule has 18 heavy (non-hydrogen) atoms. The Labute approximate surface area is 106 Å². The van der Waals surface area contributed by atoms with E-state index in [0.29, 0.717) is 17.7 Å². The van der Waals surface area contributed by atoms with Gasteiger partial charge in [0.15, 0.2) is 5.82 Å². The molecule has 2 heterocycles. The Morgan fingerprint density at radius 3 is 2.61 bits per heavy atom. The van der Waals surface area contributed by atoms with Gasteiger partial charge in [-0.2, -0.15) is 9.67 Å². The first-order valence-electron chi connectivity index (χ1n) is 5.92. The number of rotatable bonds is 4. The van der Waals surface area contributed by atoms with Gasteiger partial charge in [0.25, 0.3) is 0 Å². The maximum Gasteiger partial charge on any atom is 0.247 e. The highest BCUT2D eigenvalue weighted by atomic mass is 15.5. The van der Waals surface area contributed by atoms with Crippen LogP contribution in [-0.2, 0) is 0 Å². The largest absolute Gasteiger partial charge is 0.368 e. The minimum atomic E-state index is 0.329. The first-order valence-corrected chi connectivity index (χ1v) is 5.92. The molecule has 96 valence electrons. The number of nitrogens with zero attached hydrogens (tertiary/aromatic N) is 6. The smallest absolute Gasteiger partial charge is 0.247 e. The average Bonchev–Trinajstić information content (AvgIpc) is 2.73. The minimum absolute atomic E-state index is 0.329. The summed E-state index contributed by atoms with van der Waals surface area (Å²) >= 11 is 0. The molecular weight excluding hydrogens is 230 g/mol. The third-order valence-electron chi connectivity index (χ3n) is 2.67. The van der Waals surface area contributed by atoms with Gasteiger partial charge in [-0.15, -0.1) is 5.10 Å². The molecule has 0 atom stereocenters. The zero-order chi connectivity index (χ0) is 13.1. The summed E-state index contributed by atoms with van der Waals surface area (Å²) in [4.78, 5) is 14.5. The molecule has 0 amide bonds. The zero-order valence-electron chi connectivity index (χ0n) is 10.8. The lowest BCUT2D eigenvalue weighted by Gasteiger charge is -2.15. The number of hydrogen-bond donors (Lipinski definition) is 1. The number of nitrogen functional groups attached to an aromatic ring is 1. The molecule has 0 aliphatic carbocycles. The van der Waals surface area contributed by atoms with E-state index in [1.54, 1.807) is 0 Å². The molecule has 0 radical (unpaired) electrons. The molecule has 7 heteroatoms. The third kappa shape index (κ3) is 2.24. The van der Waals surface area contributed by atoms with Crippen molar-refractivity contribution >= 4 is 11.9 Å². The van der Waals surface area contributed by atoms with E-state index in [0.717, 1.165) is 18.8 Å². The van der Waals surface area contributed by atoms with Crippen LogP contribution in [0.3, 0.4) is 0 Å². The summed E-state index contributed by atoms with van der Waals surface area (Å²) < 4.78 is 1.53. The summed E-state index contributed by atoms with van der Waals surface area (Å²) in [6, 6.07) is 1.82. The van der Waals surface area contributed by atoms with Crippen LogP contribution in [0.4, 0.5) is 11.9 Å². The van der Waals surface area contributed by atoms with Crippen molar-refractivity contribution in [1.82, 2.24) is 24.7 Å². The van der Waals surface area contributed by atoms with Crippen LogP contribution < -0.4 is 10.6 Å². The number of nitrogens with two attached hydrogens (primary N) is 1. The quantitative estimate of drug-likeness (QED) is 0.859. The molecule has 0 spiro atoms. The molecule has 2 rings (SSSR count). The van der Waals surface area contributed by atoms with Crippen molar-refractivity contribution in [3.8, 4) is 5.82 Å². The normalized spacial score (nSPS) is 10.6. The summed E-state index contributed by atoms with van der Waals surface area (Å²) in [7, 11) is 0. The predicted molar refractivity (Wildman–Crippen MR) is 69.7 cm³/mol. The predicted octanol–water partition coefficient (Wildman–Crippen LogP) is 0.794. The maximum absolute atomic E-state index is 5.87. The van der Waals surface area contributed by atoms with Gasteiger partial charge in [-0.3, -0.25) is 0 Å². The van der Waals surface area contributed by atoms with E-state index in [-0.39, 0.29) is 0 Å². The van der Waals surface area contributed by atoms with Crippen molar-refractivity contribution in [1.29, 1.82) is 0 Å². The van der Waals surface area contributed by atoms with Crippen LogP contribution >= 0.6 is 0 Å². The van der Waals surface area contributed by atoms with Gasteiger partial charge >= 0.3 is 0 Å². The molecule has 0 aromatic carbocycles. The molecule has 0 bridgehead atoms. The highest BCUT2D eigenvalue weighted by Gasteiger charge is 2.13. The summed E-state index contributed by atoms with van der Waals surface area (Å²) in [5.74, 6) is 1.58. The van der Waals surface area contributed by atoms with Gasteiger partial charge in [-0.05, 0) is 20.8 Å². The van der Waals surface area contributed by atoms with E-state index in [1.807, 2.05) is 17.9 Å². The summed E-state index contributed by atoms with van der Waals surface area (Å²) in [5.41, 5.74) is 6.73. The Hall–Kier alpha value is -2.18. The van der Waals surface area contributed by atoms with Crippen LogP contribution in [0, 0.1) is 6.92 Å². The first-order chi connectivity index (χ1) is 8.65. The third-order valence-corrected chi connectivity index (χ3v) is 2.67. The molecule has 0 unspecified atom stereocenters. The summed E-state index contributed by atoms with van der Waals surface area (Å²) in [6.07, 6.45) is 1.49. The number of aryl methyl sites for hydroxylation is 1. The molecule has 0 saturated carbocycles. The van der Waals surface area contributed by atoms with Crippen LogP contribution in [0.1, 0.15) is 19.5 Å². The van der Waals surface area contributed by atoms with E-state index >= 15 is 0 Å². The van der Waals surface area contributed by atoms with Crippen molar-refractivity contribution in [3.05, 3.63) is 18.1 Å². The minimum Gasteiger partial charge on any atom is -0.368 e. The van der Waals surface area contributed by atoms with Gasteiger partial charge in [-0.25, -0.2) is 9.97 Å². The van der Waals surface area contributed by atoms with Crippen LogP contribution in [0.15, 0.2) is 12.4 Å². The molecule has 0 aliphatic heterocycles. The van der Waals surface area contributed by atoms with Gasteiger partial charge in [0, 0.05) is 24.8 Å². The SMILES string of the molecule is CCN(CC)c1nc(N)n(-c2cc(C)ncn2)n1. The fourth-order valence-electron chi connectivity index (χ4n) is 1.68. The Morgan fingerprint density at radius 2 is 2.00 bits per heavy atom. The fourth-order valence-corrected chi connectivity index (χ4v) is 1.68. The Kier molecular flexibility index (Phi) is 3.40.